The molecule has 0 aliphatic heterocycles. The van der Waals surface area contributed by atoms with Gasteiger partial charge in [-0.15, -0.1) is 0 Å². The molecule has 0 aliphatic rings. The molecule has 0 bridgehead atoms. The summed E-state index contributed by atoms with van der Waals surface area (Å²) in [5.41, 5.74) is 2.03. The summed E-state index contributed by atoms with van der Waals surface area (Å²) in [6, 6.07) is 7.90. The summed E-state index contributed by atoms with van der Waals surface area (Å²) in [5, 5.41) is 19.1. The van der Waals surface area contributed by atoms with E-state index in [2.05, 4.69) is 0 Å². The minimum absolute atomic E-state index is 0.125. The molecule has 0 spiro atoms. The van der Waals surface area contributed by atoms with Crippen LogP contribution in [0.3, 0.4) is 0 Å². The lowest BCUT2D eigenvalue weighted by atomic mass is 10.1. The smallest absolute Gasteiger partial charge is 0.0916 e. The van der Waals surface area contributed by atoms with Crippen LogP contribution in [-0.4, -0.2) is 55.4 Å². The number of hydrogen-bond acceptors (Lipinski definition) is 4. The second-order valence-electron chi connectivity index (χ2n) is 4.62. The van der Waals surface area contributed by atoms with E-state index in [0.29, 0.717) is 13.1 Å². The number of benzene rings is 1. The number of nitrogens with zero attached hydrogens (tertiary/aromatic N) is 2. The third-order valence-corrected chi connectivity index (χ3v) is 3.09. The Labute approximate surface area is 109 Å². The van der Waals surface area contributed by atoms with Crippen molar-refractivity contribution in [2.24, 2.45) is 0 Å². The van der Waals surface area contributed by atoms with E-state index in [0.717, 1.165) is 17.8 Å². The molecule has 0 aromatic heterocycles. The van der Waals surface area contributed by atoms with E-state index >= 15 is 0 Å². The zero-order chi connectivity index (χ0) is 13.5. The molecule has 1 aromatic rings. The van der Waals surface area contributed by atoms with E-state index in [9.17, 15) is 5.11 Å². The van der Waals surface area contributed by atoms with E-state index in [1.807, 2.05) is 55.1 Å². The van der Waals surface area contributed by atoms with Crippen LogP contribution in [0.25, 0.3) is 0 Å². The average Bonchev–Trinajstić information content (AvgIpc) is 2.38. The molecule has 102 valence electrons. The fourth-order valence-electron chi connectivity index (χ4n) is 1.86. The van der Waals surface area contributed by atoms with E-state index in [-0.39, 0.29) is 6.61 Å². The number of rotatable bonds is 7. The van der Waals surface area contributed by atoms with Crippen LogP contribution in [0.2, 0.25) is 0 Å². The Morgan fingerprint density at radius 1 is 1.17 bits per heavy atom. The van der Waals surface area contributed by atoms with Crippen LogP contribution in [0.5, 0.6) is 0 Å². The molecule has 0 aliphatic carbocycles. The summed E-state index contributed by atoms with van der Waals surface area (Å²) >= 11 is 0. The number of hydrogen-bond donors (Lipinski definition) is 2. The third-order valence-electron chi connectivity index (χ3n) is 3.09. The van der Waals surface area contributed by atoms with Gasteiger partial charge in [-0.3, -0.25) is 4.90 Å². The van der Waals surface area contributed by atoms with Gasteiger partial charge in [-0.2, -0.15) is 0 Å². The summed E-state index contributed by atoms with van der Waals surface area (Å²) in [7, 11) is 3.98. The van der Waals surface area contributed by atoms with Crippen molar-refractivity contribution in [3.63, 3.8) is 0 Å². The van der Waals surface area contributed by atoms with Gasteiger partial charge >= 0.3 is 0 Å². The van der Waals surface area contributed by atoms with Gasteiger partial charge < -0.3 is 15.1 Å². The van der Waals surface area contributed by atoms with Gasteiger partial charge in [-0.05, 0) is 24.2 Å². The fraction of sp³-hybridized carbons (Fsp3) is 0.571. The van der Waals surface area contributed by atoms with Crippen molar-refractivity contribution in [1.82, 2.24) is 4.90 Å². The van der Waals surface area contributed by atoms with Crippen molar-refractivity contribution in [1.29, 1.82) is 0 Å². The second-order valence-corrected chi connectivity index (χ2v) is 4.62. The topological polar surface area (TPSA) is 46.9 Å². The number of aliphatic hydroxyl groups excluding tert-OH is 2. The molecule has 0 saturated carbocycles. The van der Waals surface area contributed by atoms with Crippen LogP contribution in [0.4, 0.5) is 5.69 Å². The maximum atomic E-state index is 10.1. The van der Waals surface area contributed by atoms with E-state index in [4.69, 9.17) is 5.11 Å². The van der Waals surface area contributed by atoms with Gasteiger partial charge in [0.05, 0.1) is 12.7 Å². The van der Waals surface area contributed by atoms with Crippen molar-refractivity contribution in [3.8, 4) is 0 Å². The first-order chi connectivity index (χ1) is 8.58. The molecular formula is C14H24N2O2. The Kier molecular flexibility index (Phi) is 6.12. The van der Waals surface area contributed by atoms with E-state index in [1.54, 1.807) is 0 Å². The van der Waals surface area contributed by atoms with Gasteiger partial charge in [-0.1, -0.05) is 19.1 Å². The highest BCUT2D eigenvalue weighted by Crippen LogP contribution is 2.18. The summed E-state index contributed by atoms with van der Waals surface area (Å²) in [5.74, 6) is 0. The predicted octanol–water partition coefficient (Wildman–Crippen LogP) is 1.10. The Hall–Kier alpha value is -1.10. The van der Waals surface area contributed by atoms with Gasteiger partial charge in [-0.25, -0.2) is 0 Å². The molecule has 0 fully saturated rings. The SMILES string of the molecule is CCN(CCO)CC(O)c1ccc(N(C)C)cc1. The van der Waals surface area contributed by atoms with Crippen LogP contribution in [0.15, 0.2) is 24.3 Å². The minimum atomic E-state index is -0.507. The van der Waals surface area contributed by atoms with Crippen LogP contribution >= 0.6 is 0 Å². The molecule has 18 heavy (non-hydrogen) atoms. The second kappa shape index (κ2) is 7.36. The Bertz CT molecular complexity index is 338. The number of likely N-dealkylation sites (N-methyl/N-ethyl adjacent to an activating group) is 1. The van der Waals surface area contributed by atoms with Gasteiger partial charge in [0.2, 0.25) is 0 Å². The summed E-state index contributed by atoms with van der Waals surface area (Å²) in [6.45, 7) is 4.13. The van der Waals surface area contributed by atoms with Gasteiger partial charge in [0.15, 0.2) is 0 Å². The van der Waals surface area contributed by atoms with Gasteiger partial charge in [0, 0.05) is 32.9 Å². The standard InChI is InChI=1S/C14H24N2O2/c1-4-16(9-10-17)11-14(18)12-5-7-13(8-6-12)15(2)3/h5-8,14,17-18H,4,9-11H2,1-3H3. The van der Waals surface area contributed by atoms with Crippen LogP contribution in [0, 0.1) is 0 Å². The molecule has 1 rings (SSSR count). The first-order valence-electron chi connectivity index (χ1n) is 6.37. The first kappa shape index (κ1) is 15.0. The lowest BCUT2D eigenvalue weighted by Crippen LogP contribution is -2.31. The summed E-state index contributed by atoms with van der Waals surface area (Å²) in [6.07, 6.45) is -0.507. The normalized spacial score (nSPS) is 12.8. The number of aliphatic hydroxyl groups is 2. The molecule has 0 heterocycles. The highest BCUT2D eigenvalue weighted by Gasteiger charge is 2.12. The fourth-order valence-corrected chi connectivity index (χ4v) is 1.86. The Balaban J connectivity index is 2.63. The molecule has 1 atom stereocenters. The minimum Gasteiger partial charge on any atom is -0.395 e. The van der Waals surface area contributed by atoms with E-state index in [1.165, 1.54) is 0 Å². The van der Waals surface area contributed by atoms with Crippen molar-refractivity contribution in [2.75, 3.05) is 45.2 Å². The molecule has 4 nitrogen and oxygen atoms in total. The largest absolute Gasteiger partial charge is 0.395 e. The van der Waals surface area contributed by atoms with Gasteiger partial charge in [0.25, 0.3) is 0 Å². The third kappa shape index (κ3) is 4.29. The maximum Gasteiger partial charge on any atom is 0.0916 e. The zero-order valence-electron chi connectivity index (χ0n) is 11.5. The number of anilines is 1. The molecule has 0 saturated heterocycles. The molecular weight excluding hydrogens is 228 g/mol. The van der Waals surface area contributed by atoms with Crippen molar-refractivity contribution in [2.45, 2.75) is 13.0 Å². The van der Waals surface area contributed by atoms with E-state index < -0.39 is 6.10 Å². The predicted molar refractivity (Wildman–Crippen MR) is 74.9 cm³/mol. The Morgan fingerprint density at radius 3 is 2.22 bits per heavy atom. The maximum absolute atomic E-state index is 10.1. The van der Waals surface area contributed by atoms with Crippen molar-refractivity contribution >= 4 is 5.69 Å². The van der Waals surface area contributed by atoms with Crippen LogP contribution < -0.4 is 4.90 Å². The molecule has 0 radical (unpaired) electrons. The van der Waals surface area contributed by atoms with Crippen LogP contribution in [-0.2, 0) is 0 Å². The summed E-state index contributed by atoms with van der Waals surface area (Å²) < 4.78 is 0. The average molecular weight is 252 g/mol. The Morgan fingerprint density at radius 2 is 1.78 bits per heavy atom. The molecule has 4 heteroatoms. The molecule has 1 unspecified atom stereocenters. The highest BCUT2D eigenvalue weighted by molar-refractivity contribution is 5.46. The quantitative estimate of drug-likeness (QED) is 0.763. The van der Waals surface area contributed by atoms with Gasteiger partial charge in [0.1, 0.15) is 0 Å². The molecule has 1 aromatic carbocycles. The summed E-state index contributed by atoms with van der Waals surface area (Å²) in [4.78, 5) is 4.06. The zero-order valence-corrected chi connectivity index (χ0v) is 11.5. The van der Waals surface area contributed by atoms with Crippen molar-refractivity contribution < 1.29 is 10.2 Å². The van der Waals surface area contributed by atoms with Crippen molar-refractivity contribution in [3.05, 3.63) is 29.8 Å². The van der Waals surface area contributed by atoms with Crippen LogP contribution in [0.1, 0.15) is 18.6 Å². The lowest BCUT2D eigenvalue weighted by Gasteiger charge is -2.23. The lowest BCUT2D eigenvalue weighted by molar-refractivity contribution is 0.103. The molecule has 2 N–H and O–H groups in total. The monoisotopic (exact) mass is 252 g/mol. The molecule has 0 amide bonds. The highest BCUT2D eigenvalue weighted by atomic mass is 16.3. The first-order valence-corrected chi connectivity index (χ1v) is 6.37.